The third-order valence-electron chi connectivity index (χ3n) is 4.47. The first-order valence-electron chi connectivity index (χ1n) is 7.40. The van der Waals surface area contributed by atoms with Gasteiger partial charge in [0.25, 0.3) is 0 Å². The van der Waals surface area contributed by atoms with Gasteiger partial charge in [0.1, 0.15) is 0 Å². The van der Waals surface area contributed by atoms with E-state index >= 15 is 0 Å². The fourth-order valence-electron chi connectivity index (χ4n) is 3.40. The van der Waals surface area contributed by atoms with Crippen molar-refractivity contribution in [2.24, 2.45) is 0 Å². The summed E-state index contributed by atoms with van der Waals surface area (Å²) in [7, 11) is 4.27. The van der Waals surface area contributed by atoms with Crippen molar-refractivity contribution in [2.45, 2.75) is 25.7 Å². The van der Waals surface area contributed by atoms with E-state index in [0.717, 1.165) is 13.0 Å². The maximum Gasteiger partial charge on any atom is 0.0155 e. The molecule has 0 bridgehead atoms. The Balaban J connectivity index is 2.13. The Bertz CT molecular complexity index is 672. The summed E-state index contributed by atoms with van der Waals surface area (Å²) in [5.74, 6) is 0. The zero-order chi connectivity index (χ0) is 14.3. The van der Waals surface area contributed by atoms with Crippen LogP contribution in [0.4, 0.5) is 0 Å². The molecular weight excluding hydrogens is 242 g/mol. The van der Waals surface area contributed by atoms with E-state index in [2.05, 4.69) is 75.3 Å². The van der Waals surface area contributed by atoms with E-state index in [1.54, 1.807) is 0 Å². The van der Waals surface area contributed by atoms with Gasteiger partial charge in [-0.3, -0.25) is 0 Å². The number of nitrogens with zero attached hydrogens (tertiary/aromatic N) is 1. The van der Waals surface area contributed by atoms with E-state index < -0.39 is 0 Å². The third-order valence-corrected chi connectivity index (χ3v) is 4.47. The molecule has 0 N–H and O–H groups in total. The SMILES string of the molecule is CN(C)CC/C=C1\c2cccc3cccc(c23)C1(C)C. The van der Waals surface area contributed by atoms with Gasteiger partial charge in [-0.25, -0.2) is 0 Å². The van der Waals surface area contributed by atoms with Gasteiger partial charge in [-0.15, -0.1) is 0 Å². The van der Waals surface area contributed by atoms with Crippen molar-refractivity contribution in [1.82, 2.24) is 4.90 Å². The van der Waals surface area contributed by atoms with Crippen LogP contribution in [-0.4, -0.2) is 25.5 Å². The lowest BCUT2D eigenvalue weighted by molar-refractivity contribution is 0.417. The number of rotatable bonds is 3. The molecule has 0 saturated carbocycles. The molecule has 0 radical (unpaired) electrons. The molecular formula is C19H23N. The highest BCUT2D eigenvalue weighted by molar-refractivity contribution is 6.04. The molecule has 2 aromatic carbocycles. The second-order valence-electron chi connectivity index (χ2n) is 6.54. The van der Waals surface area contributed by atoms with Crippen LogP contribution in [0.1, 0.15) is 31.4 Å². The van der Waals surface area contributed by atoms with Crippen LogP contribution in [0.25, 0.3) is 16.3 Å². The first-order valence-corrected chi connectivity index (χ1v) is 7.40. The highest BCUT2D eigenvalue weighted by atomic mass is 15.0. The third kappa shape index (κ3) is 1.97. The maximum atomic E-state index is 2.44. The van der Waals surface area contributed by atoms with E-state index in [-0.39, 0.29) is 5.41 Å². The molecule has 0 fully saturated rings. The number of benzene rings is 2. The minimum Gasteiger partial charge on any atom is -0.309 e. The summed E-state index contributed by atoms with van der Waals surface area (Å²) >= 11 is 0. The van der Waals surface area contributed by atoms with Gasteiger partial charge in [0.05, 0.1) is 0 Å². The highest BCUT2D eigenvalue weighted by Gasteiger charge is 2.35. The van der Waals surface area contributed by atoms with Crippen LogP contribution in [0.15, 0.2) is 42.5 Å². The van der Waals surface area contributed by atoms with Crippen molar-refractivity contribution in [1.29, 1.82) is 0 Å². The summed E-state index contributed by atoms with van der Waals surface area (Å²) < 4.78 is 0. The van der Waals surface area contributed by atoms with E-state index in [1.807, 2.05) is 0 Å². The Labute approximate surface area is 121 Å². The standard InChI is InChI=1S/C19H23N/c1-19(2)16(12-7-13-20(3)4)15-10-5-8-14-9-6-11-17(19)18(14)15/h5-6,8-12H,7,13H2,1-4H3/b16-12+. The molecule has 1 heteroatoms. The van der Waals surface area contributed by atoms with E-state index in [9.17, 15) is 0 Å². The summed E-state index contributed by atoms with van der Waals surface area (Å²) in [6.45, 7) is 5.80. The molecule has 0 saturated heterocycles. The zero-order valence-corrected chi connectivity index (χ0v) is 12.9. The van der Waals surface area contributed by atoms with Gasteiger partial charge in [-0.05, 0) is 48.0 Å². The summed E-state index contributed by atoms with van der Waals surface area (Å²) in [6, 6.07) is 13.4. The maximum absolute atomic E-state index is 2.44. The summed E-state index contributed by atoms with van der Waals surface area (Å²) in [6.07, 6.45) is 3.55. The fraction of sp³-hybridized carbons (Fsp3) is 0.368. The molecule has 0 heterocycles. The second-order valence-corrected chi connectivity index (χ2v) is 6.54. The van der Waals surface area contributed by atoms with Gasteiger partial charge < -0.3 is 4.90 Å². The van der Waals surface area contributed by atoms with Crippen LogP contribution in [0, 0.1) is 0 Å². The summed E-state index contributed by atoms with van der Waals surface area (Å²) in [5.41, 5.74) is 4.52. The molecule has 3 rings (SSSR count). The number of hydrogen-bond acceptors (Lipinski definition) is 1. The van der Waals surface area contributed by atoms with Gasteiger partial charge in [0, 0.05) is 12.0 Å². The molecule has 0 unspecified atom stereocenters. The van der Waals surface area contributed by atoms with Crippen molar-refractivity contribution in [3.05, 3.63) is 53.6 Å². The molecule has 0 spiro atoms. The number of hydrogen-bond donors (Lipinski definition) is 0. The van der Waals surface area contributed by atoms with Gasteiger partial charge in [-0.2, -0.15) is 0 Å². The van der Waals surface area contributed by atoms with Crippen LogP contribution < -0.4 is 0 Å². The lowest BCUT2D eigenvalue weighted by Crippen LogP contribution is -2.16. The van der Waals surface area contributed by atoms with Crippen LogP contribution in [-0.2, 0) is 5.41 Å². The normalized spacial score (nSPS) is 18.4. The molecule has 20 heavy (non-hydrogen) atoms. The Morgan fingerprint density at radius 2 is 1.75 bits per heavy atom. The zero-order valence-electron chi connectivity index (χ0n) is 12.9. The van der Waals surface area contributed by atoms with Crippen molar-refractivity contribution >= 4 is 16.3 Å². The lowest BCUT2D eigenvalue weighted by atomic mass is 9.81. The van der Waals surface area contributed by atoms with Crippen LogP contribution in [0.5, 0.6) is 0 Å². The predicted molar refractivity (Wildman–Crippen MR) is 88.1 cm³/mol. The Morgan fingerprint density at radius 3 is 2.45 bits per heavy atom. The molecule has 1 nitrogen and oxygen atoms in total. The van der Waals surface area contributed by atoms with Crippen molar-refractivity contribution in [2.75, 3.05) is 20.6 Å². The highest BCUT2D eigenvalue weighted by Crippen LogP contribution is 2.49. The smallest absolute Gasteiger partial charge is 0.0155 e. The molecule has 1 aliphatic carbocycles. The van der Waals surface area contributed by atoms with Crippen molar-refractivity contribution < 1.29 is 0 Å². The molecule has 0 aliphatic heterocycles. The van der Waals surface area contributed by atoms with Gasteiger partial charge in [0.15, 0.2) is 0 Å². The molecule has 1 aliphatic rings. The Hall–Kier alpha value is -1.60. The summed E-state index contributed by atoms with van der Waals surface area (Å²) in [5, 5.41) is 2.82. The topological polar surface area (TPSA) is 3.24 Å². The first kappa shape index (κ1) is 13.4. The van der Waals surface area contributed by atoms with Crippen LogP contribution in [0.3, 0.4) is 0 Å². The van der Waals surface area contributed by atoms with Gasteiger partial charge in [-0.1, -0.05) is 56.3 Å². The Morgan fingerprint density at radius 1 is 1.05 bits per heavy atom. The first-order chi connectivity index (χ1) is 9.51. The van der Waals surface area contributed by atoms with Crippen LogP contribution in [0.2, 0.25) is 0 Å². The molecule has 104 valence electrons. The Kier molecular flexibility index (Phi) is 3.18. The second kappa shape index (κ2) is 4.75. The largest absolute Gasteiger partial charge is 0.309 e. The summed E-state index contributed by atoms with van der Waals surface area (Å²) in [4.78, 5) is 2.24. The van der Waals surface area contributed by atoms with E-state index in [0.29, 0.717) is 0 Å². The average Bonchev–Trinajstić information content (AvgIpc) is 2.62. The van der Waals surface area contributed by atoms with Gasteiger partial charge in [0.2, 0.25) is 0 Å². The fourth-order valence-corrected chi connectivity index (χ4v) is 3.40. The average molecular weight is 265 g/mol. The molecule has 0 aromatic heterocycles. The van der Waals surface area contributed by atoms with Gasteiger partial charge >= 0.3 is 0 Å². The molecule has 2 aromatic rings. The predicted octanol–water partition coefficient (Wildman–Crippen LogP) is 4.47. The molecule has 0 amide bonds. The van der Waals surface area contributed by atoms with Crippen LogP contribution >= 0.6 is 0 Å². The van der Waals surface area contributed by atoms with E-state index in [4.69, 9.17) is 0 Å². The minimum atomic E-state index is 0.121. The quantitative estimate of drug-likeness (QED) is 0.791. The van der Waals surface area contributed by atoms with Crippen molar-refractivity contribution in [3.8, 4) is 0 Å². The minimum absolute atomic E-state index is 0.121. The van der Waals surface area contributed by atoms with E-state index in [1.165, 1.54) is 27.5 Å². The van der Waals surface area contributed by atoms with Crippen molar-refractivity contribution in [3.63, 3.8) is 0 Å². The molecule has 0 atom stereocenters. The number of allylic oxidation sites excluding steroid dienone is 1. The monoisotopic (exact) mass is 265 g/mol. The lowest BCUT2D eigenvalue weighted by Gasteiger charge is -2.23.